The minimum absolute atomic E-state index is 0.430. The fourth-order valence-corrected chi connectivity index (χ4v) is 3.46. The topological polar surface area (TPSA) is 50.7 Å². The number of hydrogen-bond donors (Lipinski definition) is 2. The van der Waals surface area contributed by atoms with E-state index >= 15 is 0 Å². The highest BCUT2D eigenvalue weighted by Crippen LogP contribution is 2.31. The number of ether oxygens (including phenoxy) is 2. The van der Waals surface area contributed by atoms with E-state index in [9.17, 15) is 5.11 Å². The molecule has 4 nitrogen and oxygen atoms in total. The lowest BCUT2D eigenvalue weighted by atomic mass is 9.87. The monoisotopic (exact) mass is 391 g/mol. The van der Waals surface area contributed by atoms with Gasteiger partial charge in [0, 0.05) is 19.5 Å². The summed E-state index contributed by atoms with van der Waals surface area (Å²) in [4.78, 5) is 0. The summed E-state index contributed by atoms with van der Waals surface area (Å²) in [6.45, 7) is 3.20. The molecule has 0 aliphatic carbocycles. The lowest BCUT2D eigenvalue weighted by Gasteiger charge is -2.30. The first kappa shape index (κ1) is 20.9. The Balaban J connectivity index is 1.79. The second-order valence-electron chi connectivity index (χ2n) is 7.35. The Hall–Kier alpha value is -2.82. The van der Waals surface area contributed by atoms with E-state index < -0.39 is 5.60 Å². The van der Waals surface area contributed by atoms with Crippen molar-refractivity contribution in [1.82, 2.24) is 5.32 Å². The molecule has 29 heavy (non-hydrogen) atoms. The molecule has 3 aromatic carbocycles. The van der Waals surface area contributed by atoms with Crippen LogP contribution in [0.2, 0.25) is 0 Å². The van der Waals surface area contributed by atoms with Crippen molar-refractivity contribution in [1.29, 1.82) is 0 Å². The van der Waals surface area contributed by atoms with E-state index in [1.54, 1.807) is 14.2 Å². The van der Waals surface area contributed by atoms with Gasteiger partial charge in [-0.2, -0.15) is 0 Å². The second-order valence-corrected chi connectivity index (χ2v) is 7.35. The molecule has 3 aromatic rings. The molecule has 0 saturated carbocycles. The molecule has 0 bridgehead atoms. The largest absolute Gasteiger partial charge is 0.493 e. The predicted octanol–water partition coefficient (Wildman–Crippen LogP) is 4.23. The van der Waals surface area contributed by atoms with E-state index in [-0.39, 0.29) is 0 Å². The van der Waals surface area contributed by atoms with Crippen LogP contribution in [0.15, 0.2) is 72.8 Å². The fraction of sp³-hybridized carbons (Fsp3) is 0.280. The standard InChI is InChI=1S/C25H29NO3/c1-19-9-11-20(12-10-19)17-26-18-25(27,22-7-5-4-6-8-22)16-21-13-14-23(28-2)24(15-21)29-3/h4-15,26-27H,16-18H2,1-3H3. The van der Waals surface area contributed by atoms with Gasteiger partial charge in [0.2, 0.25) is 0 Å². The molecule has 0 fully saturated rings. The number of benzene rings is 3. The van der Waals surface area contributed by atoms with Crippen molar-refractivity contribution in [2.75, 3.05) is 20.8 Å². The summed E-state index contributed by atoms with van der Waals surface area (Å²) in [5.74, 6) is 1.34. The normalized spacial score (nSPS) is 13.0. The van der Waals surface area contributed by atoms with E-state index in [1.165, 1.54) is 11.1 Å². The summed E-state index contributed by atoms with van der Waals surface area (Å²) in [5, 5.41) is 15.0. The van der Waals surface area contributed by atoms with Gasteiger partial charge in [0.25, 0.3) is 0 Å². The lowest BCUT2D eigenvalue weighted by molar-refractivity contribution is 0.0366. The van der Waals surface area contributed by atoms with Crippen LogP contribution >= 0.6 is 0 Å². The Morgan fingerprint density at radius 3 is 2.14 bits per heavy atom. The van der Waals surface area contributed by atoms with Gasteiger partial charge in [-0.1, -0.05) is 66.2 Å². The van der Waals surface area contributed by atoms with E-state index in [0.717, 1.165) is 11.1 Å². The maximum absolute atomic E-state index is 11.6. The minimum atomic E-state index is -1.05. The molecule has 0 saturated heterocycles. The molecule has 0 aliphatic rings. The van der Waals surface area contributed by atoms with Crippen LogP contribution in [-0.4, -0.2) is 25.9 Å². The molecular weight excluding hydrogens is 362 g/mol. The predicted molar refractivity (Wildman–Crippen MR) is 116 cm³/mol. The zero-order valence-electron chi connectivity index (χ0n) is 17.3. The molecule has 1 atom stereocenters. The Morgan fingerprint density at radius 1 is 0.828 bits per heavy atom. The van der Waals surface area contributed by atoms with Gasteiger partial charge < -0.3 is 19.9 Å². The minimum Gasteiger partial charge on any atom is -0.493 e. The first-order chi connectivity index (χ1) is 14.0. The summed E-state index contributed by atoms with van der Waals surface area (Å²) in [7, 11) is 3.24. The van der Waals surface area contributed by atoms with Gasteiger partial charge in [-0.3, -0.25) is 0 Å². The van der Waals surface area contributed by atoms with Gasteiger partial charge in [-0.15, -0.1) is 0 Å². The van der Waals surface area contributed by atoms with Crippen molar-refractivity contribution in [2.24, 2.45) is 0 Å². The molecule has 0 aromatic heterocycles. The molecule has 152 valence electrons. The highest BCUT2D eigenvalue weighted by molar-refractivity contribution is 5.43. The van der Waals surface area contributed by atoms with Crippen molar-refractivity contribution < 1.29 is 14.6 Å². The summed E-state index contributed by atoms with van der Waals surface area (Å²) in [5.41, 5.74) is 3.24. The van der Waals surface area contributed by atoms with Crippen molar-refractivity contribution in [3.8, 4) is 11.5 Å². The number of aliphatic hydroxyl groups is 1. The fourth-order valence-electron chi connectivity index (χ4n) is 3.46. The van der Waals surface area contributed by atoms with Crippen LogP contribution in [0.4, 0.5) is 0 Å². The molecule has 0 radical (unpaired) electrons. The maximum atomic E-state index is 11.6. The third-order valence-corrected chi connectivity index (χ3v) is 5.12. The second kappa shape index (κ2) is 9.59. The highest BCUT2D eigenvalue weighted by atomic mass is 16.5. The van der Waals surface area contributed by atoms with Crippen LogP contribution in [0.5, 0.6) is 11.5 Å². The summed E-state index contributed by atoms with van der Waals surface area (Å²) >= 11 is 0. The van der Waals surface area contributed by atoms with Gasteiger partial charge >= 0.3 is 0 Å². The smallest absolute Gasteiger partial charge is 0.160 e. The zero-order valence-corrected chi connectivity index (χ0v) is 17.3. The van der Waals surface area contributed by atoms with Crippen LogP contribution < -0.4 is 14.8 Å². The number of nitrogens with one attached hydrogen (secondary N) is 1. The first-order valence-corrected chi connectivity index (χ1v) is 9.79. The van der Waals surface area contributed by atoms with Gasteiger partial charge in [-0.05, 0) is 35.7 Å². The zero-order chi connectivity index (χ0) is 20.7. The van der Waals surface area contributed by atoms with Crippen molar-refractivity contribution in [2.45, 2.75) is 25.5 Å². The van der Waals surface area contributed by atoms with Gasteiger partial charge in [0.05, 0.1) is 14.2 Å². The Kier molecular flexibility index (Phi) is 6.91. The summed E-state index contributed by atoms with van der Waals surface area (Å²) < 4.78 is 10.8. The third-order valence-electron chi connectivity index (χ3n) is 5.12. The van der Waals surface area contributed by atoms with Crippen molar-refractivity contribution >= 4 is 0 Å². The average molecular weight is 392 g/mol. The third kappa shape index (κ3) is 5.37. The van der Waals surface area contributed by atoms with Crippen LogP contribution in [0.1, 0.15) is 22.3 Å². The van der Waals surface area contributed by atoms with Crippen molar-refractivity contribution in [3.63, 3.8) is 0 Å². The molecule has 0 heterocycles. The van der Waals surface area contributed by atoms with Crippen LogP contribution in [0.3, 0.4) is 0 Å². The molecule has 2 N–H and O–H groups in total. The molecule has 4 heteroatoms. The van der Waals surface area contributed by atoms with E-state index in [0.29, 0.717) is 31.0 Å². The Morgan fingerprint density at radius 2 is 1.48 bits per heavy atom. The summed E-state index contributed by atoms with van der Waals surface area (Å²) in [6.07, 6.45) is 0.457. The van der Waals surface area contributed by atoms with Crippen LogP contribution in [0, 0.1) is 6.92 Å². The number of methoxy groups -OCH3 is 2. The number of rotatable bonds is 9. The van der Waals surface area contributed by atoms with Gasteiger partial charge in [0.15, 0.2) is 11.5 Å². The van der Waals surface area contributed by atoms with E-state index in [4.69, 9.17) is 9.47 Å². The molecular formula is C25H29NO3. The van der Waals surface area contributed by atoms with Crippen LogP contribution in [0.25, 0.3) is 0 Å². The molecule has 3 rings (SSSR count). The quantitative estimate of drug-likeness (QED) is 0.573. The Bertz CT molecular complexity index is 909. The lowest BCUT2D eigenvalue weighted by Crippen LogP contribution is -2.40. The van der Waals surface area contributed by atoms with Crippen LogP contribution in [-0.2, 0) is 18.6 Å². The van der Waals surface area contributed by atoms with Crippen molar-refractivity contribution in [3.05, 3.63) is 95.1 Å². The highest BCUT2D eigenvalue weighted by Gasteiger charge is 2.29. The molecule has 0 amide bonds. The Labute approximate surface area is 173 Å². The average Bonchev–Trinajstić information content (AvgIpc) is 2.75. The molecule has 0 spiro atoms. The molecule has 1 unspecified atom stereocenters. The summed E-state index contributed by atoms with van der Waals surface area (Å²) in [6, 6.07) is 24.0. The SMILES string of the molecule is COc1ccc(CC(O)(CNCc2ccc(C)cc2)c2ccccc2)cc1OC. The number of hydrogen-bond acceptors (Lipinski definition) is 4. The van der Waals surface area contributed by atoms with E-state index in [1.807, 2.05) is 48.5 Å². The van der Waals surface area contributed by atoms with E-state index in [2.05, 4.69) is 36.5 Å². The first-order valence-electron chi connectivity index (χ1n) is 9.79. The molecule has 0 aliphatic heterocycles. The maximum Gasteiger partial charge on any atom is 0.160 e. The van der Waals surface area contributed by atoms with Gasteiger partial charge in [-0.25, -0.2) is 0 Å². The number of aryl methyl sites for hydroxylation is 1. The van der Waals surface area contributed by atoms with Gasteiger partial charge in [0.1, 0.15) is 5.60 Å².